The monoisotopic (exact) mass is 387 g/mol. The largest absolute Gasteiger partial charge is 0.317 e. The highest BCUT2D eigenvalue weighted by Crippen LogP contribution is 2.43. The highest BCUT2D eigenvalue weighted by atomic mass is 35.5. The Bertz CT molecular complexity index is 453. The van der Waals surface area contributed by atoms with Crippen molar-refractivity contribution in [2.75, 3.05) is 13.1 Å². The maximum atomic E-state index is 4.33. The van der Waals surface area contributed by atoms with Gasteiger partial charge in [0.2, 0.25) is 0 Å². The summed E-state index contributed by atoms with van der Waals surface area (Å²) in [4.78, 5) is 4.33. The van der Waals surface area contributed by atoms with Gasteiger partial charge >= 0.3 is 0 Å². The zero-order chi connectivity index (χ0) is 16.0. The first-order chi connectivity index (χ1) is 11.3. The zero-order valence-corrected chi connectivity index (χ0v) is 17.1. The van der Waals surface area contributed by atoms with Crippen molar-refractivity contribution >= 4 is 24.8 Å². The summed E-state index contributed by atoms with van der Waals surface area (Å²) in [6, 6.07) is 5.48. The molecular formula is C20H35Cl2N3. The predicted molar refractivity (Wildman–Crippen MR) is 111 cm³/mol. The van der Waals surface area contributed by atoms with E-state index in [0.29, 0.717) is 17.5 Å². The van der Waals surface area contributed by atoms with Crippen molar-refractivity contribution < 1.29 is 0 Å². The number of hydrogen-bond acceptors (Lipinski definition) is 3. The molecular weight excluding hydrogens is 353 g/mol. The summed E-state index contributed by atoms with van der Waals surface area (Å²) in [5.74, 6) is 0. The van der Waals surface area contributed by atoms with E-state index in [-0.39, 0.29) is 24.8 Å². The molecule has 1 atom stereocenters. The minimum Gasteiger partial charge on any atom is -0.317 e. The van der Waals surface area contributed by atoms with Crippen LogP contribution in [0.4, 0.5) is 0 Å². The molecule has 5 heteroatoms. The van der Waals surface area contributed by atoms with Crippen LogP contribution in [0.1, 0.15) is 76.3 Å². The van der Waals surface area contributed by atoms with Gasteiger partial charge in [-0.2, -0.15) is 0 Å². The zero-order valence-electron chi connectivity index (χ0n) is 15.5. The summed E-state index contributed by atoms with van der Waals surface area (Å²) >= 11 is 0. The summed E-state index contributed by atoms with van der Waals surface area (Å²) in [5.41, 5.74) is 2.03. The molecule has 144 valence electrons. The Kier molecular flexibility index (Phi) is 10.3. The maximum absolute atomic E-state index is 4.33. The summed E-state index contributed by atoms with van der Waals surface area (Å²) in [7, 11) is 0. The van der Waals surface area contributed by atoms with Crippen molar-refractivity contribution in [3.05, 3.63) is 30.1 Å². The van der Waals surface area contributed by atoms with Gasteiger partial charge in [0.25, 0.3) is 0 Å². The minimum absolute atomic E-state index is 0. The molecule has 3 rings (SSSR count). The van der Waals surface area contributed by atoms with Crippen LogP contribution in [0.3, 0.4) is 0 Å². The molecule has 0 aromatic carbocycles. The number of aromatic nitrogens is 1. The van der Waals surface area contributed by atoms with Gasteiger partial charge in [0, 0.05) is 24.5 Å². The first-order valence-electron chi connectivity index (χ1n) is 9.68. The fourth-order valence-electron chi connectivity index (χ4n) is 4.48. The SMILES string of the molecule is CCCCC(NC1CCC2(CCNCC2)CC1)c1cccnc1.Cl.Cl. The second-order valence-electron chi connectivity index (χ2n) is 7.67. The topological polar surface area (TPSA) is 37.0 Å². The lowest BCUT2D eigenvalue weighted by atomic mass is 9.67. The van der Waals surface area contributed by atoms with E-state index in [2.05, 4.69) is 34.7 Å². The van der Waals surface area contributed by atoms with Crippen LogP contribution < -0.4 is 10.6 Å². The molecule has 0 amide bonds. The molecule has 1 aliphatic heterocycles. The average molecular weight is 388 g/mol. The molecule has 0 bridgehead atoms. The lowest BCUT2D eigenvalue weighted by Gasteiger charge is -2.44. The van der Waals surface area contributed by atoms with Gasteiger partial charge in [-0.15, -0.1) is 24.8 Å². The van der Waals surface area contributed by atoms with Crippen molar-refractivity contribution in [3.63, 3.8) is 0 Å². The van der Waals surface area contributed by atoms with Gasteiger partial charge in [-0.3, -0.25) is 4.98 Å². The van der Waals surface area contributed by atoms with Crippen LogP contribution >= 0.6 is 24.8 Å². The van der Waals surface area contributed by atoms with Crippen LogP contribution in [0.25, 0.3) is 0 Å². The molecule has 25 heavy (non-hydrogen) atoms. The number of hydrogen-bond donors (Lipinski definition) is 2. The molecule has 1 unspecified atom stereocenters. The summed E-state index contributed by atoms with van der Waals surface area (Å²) in [6.45, 7) is 4.74. The van der Waals surface area contributed by atoms with Crippen LogP contribution in [0.15, 0.2) is 24.5 Å². The molecule has 1 aliphatic carbocycles. The van der Waals surface area contributed by atoms with E-state index in [1.807, 2.05) is 12.4 Å². The van der Waals surface area contributed by atoms with Crippen LogP contribution in [0, 0.1) is 5.41 Å². The second-order valence-corrected chi connectivity index (χ2v) is 7.67. The summed E-state index contributed by atoms with van der Waals surface area (Å²) < 4.78 is 0. The third kappa shape index (κ3) is 6.39. The van der Waals surface area contributed by atoms with Gasteiger partial charge in [0.05, 0.1) is 0 Å². The molecule has 1 saturated heterocycles. The van der Waals surface area contributed by atoms with Gasteiger partial charge < -0.3 is 10.6 Å². The quantitative estimate of drug-likeness (QED) is 0.715. The number of pyridine rings is 1. The Morgan fingerprint density at radius 2 is 1.92 bits per heavy atom. The van der Waals surface area contributed by atoms with E-state index in [9.17, 15) is 0 Å². The Hall–Kier alpha value is -0.350. The molecule has 2 fully saturated rings. The lowest BCUT2D eigenvalue weighted by Crippen LogP contribution is -2.43. The second kappa shape index (κ2) is 11.4. The highest BCUT2D eigenvalue weighted by Gasteiger charge is 2.36. The molecule has 2 heterocycles. The Balaban J connectivity index is 0.00000156. The molecule has 2 N–H and O–H groups in total. The number of nitrogens with one attached hydrogen (secondary N) is 2. The van der Waals surface area contributed by atoms with Crippen LogP contribution in [0.5, 0.6) is 0 Å². The summed E-state index contributed by atoms with van der Waals surface area (Å²) in [6.07, 6.45) is 16.0. The number of rotatable bonds is 6. The van der Waals surface area contributed by atoms with E-state index in [1.54, 1.807) is 0 Å². The van der Waals surface area contributed by atoms with E-state index in [0.717, 1.165) is 0 Å². The third-order valence-electron chi connectivity index (χ3n) is 6.08. The first-order valence-corrected chi connectivity index (χ1v) is 9.68. The van der Waals surface area contributed by atoms with E-state index >= 15 is 0 Å². The van der Waals surface area contributed by atoms with E-state index < -0.39 is 0 Å². The molecule has 1 saturated carbocycles. The predicted octanol–water partition coefficient (Wildman–Crippen LogP) is 5.06. The van der Waals surface area contributed by atoms with Gasteiger partial charge in [-0.1, -0.05) is 25.8 Å². The van der Waals surface area contributed by atoms with Gasteiger partial charge in [-0.25, -0.2) is 0 Å². The Morgan fingerprint density at radius 1 is 1.20 bits per heavy atom. The normalized spacial score (nSPS) is 21.2. The highest BCUT2D eigenvalue weighted by molar-refractivity contribution is 5.85. The standard InChI is InChI=1S/C20H33N3.2ClH/c1-2-3-6-19(17-5-4-13-22-16-17)23-18-7-9-20(10-8-18)11-14-21-15-12-20;;/h4-5,13,16,18-19,21,23H,2-3,6-12,14-15H2,1H3;2*1H. The smallest absolute Gasteiger partial charge is 0.0337 e. The van der Waals surface area contributed by atoms with Crippen molar-refractivity contribution in [1.29, 1.82) is 0 Å². The van der Waals surface area contributed by atoms with Gasteiger partial charge in [0.1, 0.15) is 0 Å². The van der Waals surface area contributed by atoms with Gasteiger partial charge in [-0.05, 0) is 75.1 Å². The van der Waals surface area contributed by atoms with Crippen molar-refractivity contribution in [1.82, 2.24) is 15.6 Å². The molecule has 3 nitrogen and oxygen atoms in total. The maximum Gasteiger partial charge on any atom is 0.0337 e. The summed E-state index contributed by atoms with van der Waals surface area (Å²) in [5, 5.41) is 7.50. The van der Waals surface area contributed by atoms with Crippen LogP contribution in [0.2, 0.25) is 0 Å². The number of nitrogens with zero attached hydrogens (tertiary/aromatic N) is 1. The molecule has 0 radical (unpaired) electrons. The Labute approximate surface area is 166 Å². The number of piperidine rings is 1. The van der Waals surface area contributed by atoms with Crippen LogP contribution in [-0.2, 0) is 0 Å². The van der Waals surface area contributed by atoms with Crippen molar-refractivity contribution in [2.24, 2.45) is 5.41 Å². The minimum atomic E-state index is 0. The lowest BCUT2D eigenvalue weighted by molar-refractivity contribution is 0.111. The molecule has 2 aliphatic rings. The van der Waals surface area contributed by atoms with Crippen molar-refractivity contribution in [3.8, 4) is 0 Å². The number of unbranched alkanes of at least 4 members (excludes halogenated alkanes) is 1. The first kappa shape index (κ1) is 22.7. The fraction of sp³-hybridized carbons (Fsp3) is 0.750. The van der Waals surface area contributed by atoms with Crippen molar-refractivity contribution in [2.45, 2.75) is 76.8 Å². The third-order valence-corrected chi connectivity index (χ3v) is 6.08. The fourth-order valence-corrected chi connectivity index (χ4v) is 4.48. The molecule has 1 spiro atoms. The van der Waals surface area contributed by atoms with E-state index in [4.69, 9.17) is 0 Å². The van der Waals surface area contributed by atoms with Gasteiger partial charge in [0.15, 0.2) is 0 Å². The molecule has 1 aromatic heterocycles. The van der Waals surface area contributed by atoms with E-state index in [1.165, 1.54) is 76.4 Å². The Morgan fingerprint density at radius 3 is 2.52 bits per heavy atom. The molecule has 1 aromatic rings. The van der Waals surface area contributed by atoms with Crippen LogP contribution in [-0.4, -0.2) is 24.1 Å². The number of halogens is 2. The average Bonchev–Trinajstić information content (AvgIpc) is 2.62.